The van der Waals surface area contributed by atoms with Gasteiger partial charge in [0.25, 0.3) is 0 Å². The van der Waals surface area contributed by atoms with Crippen LogP contribution in [0.5, 0.6) is 0 Å². The molecule has 114 valence electrons. The average Bonchev–Trinajstić information content (AvgIpc) is 1.41. The standard InChI is InChI=1S/3H2O4S.2H2O.2Ti/c3*1-5(2,3)4;;;;/h3*(H2,1,2,3,4);2*1H2;;/q;;;;;2*+3/p-6. The Morgan fingerprint density at radius 1 is 0.421 bits per heavy atom. The Kier molecular flexibility index (Phi) is 38.2. The maximum Gasteiger partial charge on any atom is 3.00 e. The fraction of sp³-hybridized carbons (Fsp3) is 0. The predicted molar refractivity (Wildman–Crippen MR) is 38.7 cm³/mol. The van der Waals surface area contributed by atoms with Crippen LogP contribution in [-0.4, -0.2) is 63.5 Å². The maximum absolute atomic E-state index is 8.52. The second-order valence-electron chi connectivity index (χ2n) is 1.22. The Balaban J connectivity index is -0.0000000206. The van der Waals surface area contributed by atoms with E-state index < -0.39 is 31.2 Å². The van der Waals surface area contributed by atoms with Gasteiger partial charge in [0.05, 0.1) is 0 Å². The van der Waals surface area contributed by atoms with Crippen LogP contribution in [0.4, 0.5) is 0 Å². The topological polar surface area (TPSA) is 304 Å². The van der Waals surface area contributed by atoms with Crippen LogP contribution in [-0.2, 0) is 74.6 Å². The molecule has 0 aromatic heterocycles. The molecule has 0 saturated heterocycles. The molecule has 0 rings (SSSR count). The Hall–Kier alpha value is 0.959. The van der Waals surface area contributed by atoms with Gasteiger partial charge in [-0.25, -0.2) is 0 Å². The molecular formula is H4O14S3Ti2. The zero-order valence-electron chi connectivity index (χ0n) is 8.12. The van der Waals surface area contributed by atoms with Crippen LogP contribution < -0.4 is 0 Å². The van der Waals surface area contributed by atoms with Gasteiger partial charge in [-0.05, 0) is 0 Å². The molecule has 14 nitrogen and oxygen atoms in total. The van der Waals surface area contributed by atoms with Gasteiger partial charge in [0.15, 0.2) is 0 Å². The molecule has 2 radical (unpaired) electrons. The molecule has 4 N–H and O–H groups in total. The van der Waals surface area contributed by atoms with Gasteiger partial charge in [0.2, 0.25) is 0 Å². The number of hydrogen-bond donors (Lipinski definition) is 0. The summed E-state index contributed by atoms with van der Waals surface area (Å²) in [6.07, 6.45) is 0. The minimum atomic E-state index is -5.17. The maximum atomic E-state index is 8.52. The second-order valence-corrected chi connectivity index (χ2v) is 3.67. The molecule has 0 aliphatic rings. The molecule has 0 unspecified atom stereocenters. The van der Waals surface area contributed by atoms with Crippen LogP contribution >= 0.6 is 0 Å². The summed E-state index contributed by atoms with van der Waals surface area (Å²) in [6, 6.07) is 0. The van der Waals surface area contributed by atoms with E-state index >= 15 is 0 Å². The third-order valence-electron chi connectivity index (χ3n) is 0. The predicted octanol–water partition coefficient (Wildman–Crippen LogP) is -5.67. The van der Waals surface area contributed by atoms with Crippen molar-refractivity contribution in [3.8, 4) is 0 Å². The zero-order chi connectivity index (χ0) is 13.5. The molecule has 0 saturated carbocycles. The van der Waals surface area contributed by atoms with E-state index in [9.17, 15) is 0 Å². The Morgan fingerprint density at radius 3 is 0.421 bits per heavy atom. The van der Waals surface area contributed by atoms with Crippen LogP contribution in [0.15, 0.2) is 0 Å². The minimum Gasteiger partial charge on any atom is -0.759 e. The second kappa shape index (κ2) is 17.0. The molecule has 0 bridgehead atoms. The average molecular weight is 420 g/mol. The first-order valence-electron chi connectivity index (χ1n) is 2.00. The summed E-state index contributed by atoms with van der Waals surface area (Å²) < 4.78 is 102. The van der Waals surface area contributed by atoms with E-state index in [1.807, 2.05) is 0 Å². The van der Waals surface area contributed by atoms with E-state index in [1.54, 1.807) is 0 Å². The van der Waals surface area contributed by atoms with Crippen molar-refractivity contribution in [2.45, 2.75) is 0 Å². The fourth-order valence-corrected chi connectivity index (χ4v) is 0. The van der Waals surface area contributed by atoms with Gasteiger partial charge in [-0.15, -0.1) is 0 Å². The summed E-state index contributed by atoms with van der Waals surface area (Å²) >= 11 is 0. The molecule has 0 amide bonds. The van der Waals surface area contributed by atoms with Gasteiger partial charge >= 0.3 is 43.4 Å². The van der Waals surface area contributed by atoms with Crippen LogP contribution in [0.2, 0.25) is 0 Å². The zero-order valence-corrected chi connectivity index (χ0v) is 13.7. The summed E-state index contributed by atoms with van der Waals surface area (Å²) in [5.41, 5.74) is 0. The summed E-state index contributed by atoms with van der Waals surface area (Å²) in [6.45, 7) is 0. The molecular weight excluding hydrogens is 416 g/mol. The van der Waals surface area contributed by atoms with Crippen molar-refractivity contribution in [3.05, 3.63) is 0 Å². The molecule has 19 heteroatoms. The summed E-state index contributed by atoms with van der Waals surface area (Å²) in [5, 5.41) is 0. The van der Waals surface area contributed by atoms with E-state index in [1.165, 1.54) is 0 Å². The van der Waals surface area contributed by atoms with Gasteiger partial charge < -0.3 is 38.3 Å². The van der Waals surface area contributed by atoms with Crippen molar-refractivity contribution in [1.29, 1.82) is 0 Å². The van der Waals surface area contributed by atoms with Crippen LogP contribution in [0.25, 0.3) is 0 Å². The summed E-state index contributed by atoms with van der Waals surface area (Å²) in [7, 11) is -15.5. The largest absolute Gasteiger partial charge is 3.00 e. The molecule has 19 heavy (non-hydrogen) atoms. The van der Waals surface area contributed by atoms with E-state index in [0.717, 1.165) is 0 Å². The number of hydrogen-bond acceptors (Lipinski definition) is 12. The molecule has 0 atom stereocenters. The minimum absolute atomic E-state index is 0. The molecule has 0 aromatic rings. The van der Waals surface area contributed by atoms with Gasteiger partial charge in [-0.2, -0.15) is 0 Å². The van der Waals surface area contributed by atoms with Gasteiger partial charge in [-0.1, -0.05) is 0 Å². The van der Waals surface area contributed by atoms with Gasteiger partial charge in [0.1, 0.15) is 0 Å². The van der Waals surface area contributed by atoms with Crippen LogP contribution in [0, 0.1) is 0 Å². The normalized spacial score (nSPS) is 9.16. The molecule has 0 aliphatic heterocycles. The van der Waals surface area contributed by atoms with Crippen molar-refractivity contribution in [3.63, 3.8) is 0 Å². The van der Waals surface area contributed by atoms with Crippen molar-refractivity contribution in [2.75, 3.05) is 0 Å². The van der Waals surface area contributed by atoms with Crippen molar-refractivity contribution < 1.29 is 107 Å². The van der Waals surface area contributed by atoms with Gasteiger partial charge in [-0.3, -0.25) is 25.3 Å². The third-order valence-corrected chi connectivity index (χ3v) is 0. The monoisotopic (exact) mass is 420 g/mol. The van der Waals surface area contributed by atoms with Crippen molar-refractivity contribution in [2.24, 2.45) is 0 Å². The molecule has 0 heterocycles. The van der Waals surface area contributed by atoms with E-state index in [4.69, 9.17) is 52.6 Å². The molecule has 0 fully saturated rings. The molecule has 0 aromatic carbocycles. The molecule has 0 aliphatic carbocycles. The van der Waals surface area contributed by atoms with Crippen LogP contribution in [0.1, 0.15) is 0 Å². The summed E-state index contributed by atoms with van der Waals surface area (Å²) in [4.78, 5) is 0. The van der Waals surface area contributed by atoms with E-state index in [0.29, 0.717) is 0 Å². The SMILES string of the molecule is O.O.O=S(=O)([O-])[O-].O=S(=O)([O-])[O-].O=S(=O)([O-])[O-].[Ti+3].[Ti+3]. The first-order valence-corrected chi connectivity index (χ1v) is 6.00. The van der Waals surface area contributed by atoms with E-state index in [-0.39, 0.29) is 54.4 Å². The Morgan fingerprint density at radius 2 is 0.421 bits per heavy atom. The third kappa shape index (κ3) is 5930. The molecule has 0 spiro atoms. The number of rotatable bonds is 0. The Bertz CT molecular complexity index is 342. The summed E-state index contributed by atoms with van der Waals surface area (Å²) in [5.74, 6) is 0. The van der Waals surface area contributed by atoms with Crippen molar-refractivity contribution in [1.82, 2.24) is 0 Å². The quantitative estimate of drug-likeness (QED) is 0.201. The first-order chi connectivity index (χ1) is 6.00. The van der Waals surface area contributed by atoms with Gasteiger partial charge in [0, 0.05) is 31.2 Å². The fourth-order valence-electron chi connectivity index (χ4n) is 0. The Labute approximate surface area is 137 Å². The van der Waals surface area contributed by atoms with E-state index in [2.05, 4.69) is 0 Å². The first kappa shape index (κ1) is 42.7. The smallest absolute Gasteiger partial charge is 0.759 e. The van der Waals surface area contributed by atoms with Crippen molar-refractivity contribution >= 4 is 31.2 Å². The van der Waals surface area contributed by atoms with Crippen LogP contribution in [0.3, 0.4) is 0 Å².